The predicted octanol–water partition coefficient (Wildman–Crippen LogP) is 2.70. The minimum atomic E-state index is -0.300. The second kappa shape index (κ2) is 6.56. The van der Waals surface area contributed by atoms with Gasteiger partial charge >= 0.3 is 0 Å². The maximum Gasteiger partial charge on any atom is 0.127 e. The molecule has 0 saturated heterocycles. The van der Waals surface area contributed by atoms with Gasteiger partial charge in [-0.2, -0.15) is 0 Å². The van der Waals surface area contributed by atoms with Crippen LogP contribution >= 0.6 is 0 Å². The zero-order valence-corrected chi connectivity index (χ0v) is 12.3. The Labute approximate surface area is 123 Å². The fraction of sp³-hybridized carbons (Fsp3) is 0.250. The Bertz CT molecular complexity index is 632. The van der Waals surface area contributed by atoms with Gasteiger partial charge in [-0.3, -0.25) is 5.84 Å². The molecule has 0 aromatic heterocycles. The first kappa shape index (κ1) is 15.3. The van der Waals surface area contributed by atoms with E-state index >= 15 is 0 Å². The second-order valence-corrected chi connectivity index (χ2v) is 4.71. The first-order valence-corrected chi connectivity index (χ1v) is 6.54. The van der Waals surface area contributed by atoms with Gasteiger partial charge in [-0.05, 0) is 42.3 Å². The third kappa shape index (κ3) is 3.15. The van der Waals surface area contributed by atoms with Crippen molar-refractivity contribution in [2.45, 2.75) is 13.0 Å². The minimum absolute atomic E-state index is 0.270. The molecule has 0 saturated carbocycles. The van der Waals surface area contributed by atoms with Gasteiger partial charge in [0.1, 0.15) is 17.3 Å². The van der Waals surface area contributed by atoms with Crippen molar-refractivity contribution in [1.29, 1.82) is 0 Å². The van der Waals surface area contributed by atoms with Crippen LogP contribution in [0.4, 0.5) is 4.39 Å². The van der Waals surface area contributed by atoms with Crippen LogP contribution in [-0.2, 0) is 0 Å². The van der Waals surface area contributed by atoms with Crippen molar-refractivity contribution in [1.82, 2.24) is 5.43 Å². The maximum atomic E-state index is 13.3. The lowest BCUT2D eigenvalue weighted by molar-refractivity contribution is 0.387. The summed E-state index contributed by atoms with van der Waals surface area (Å²) in [5, 5.41) is 0. The van der Waals surface area contributed by atoms with Gasteiger partial charge in [-0.25, -0.2) is 9.82 Å². The fourth-order valence-electron chi connectivity index (χ4n) is 2.37. The molecule has 0 fully saturated rings. The molecule has 0 aliphatic carbocycles. The average molecular weight is 290 g/mol. The molecule has 0 aliphatic heterocycles. The molecule has 0 bridgehead atoms. The van der Waals surface area contributed by atoms with Crippen LogP contribution in [0, 0.1) is 12.7 Å². The normalized spacial score (nSPS) is 12.0. The summed E-state index contributed by atoms with van der Waals surface area (Å²) in [6.45, 7) is 1.85. The largest absolute Gasteiger partial charge is 0.497 e. The van der Waals surface area contributed by atoms with E-state index in [0.29, 0.717) is 11.5 Å². The smallest absolute Gasteiger partial charge is 0.127 e. The maximum absolute atomic E-state index is 13.3. The standard InChI is InChI=1S/C16H19FN2O2/c1-10-8-11(17)4-6-13(10)16(19-18)14-7-5-12(20-2)9-15(14)21-3/h4-9,16,19H,18H2,1-3H3. The zero-order valence-electron chi connectivity index (χ0n) is 12.3. The van der Waals surface area contributed by atoms with Crippen LogP contribution in [0.1, 0.15) is 22.7 Å². The summed E-state index contributed by atoms with van der Waals surface area (Å²) in [6, 6.07) is 9.83. The number of ether oxygens (including phenoxy) is 2. The molecule has 112 valence electrons. The molecule has 4 nitrogen and oxygen atoms in total. The van der Waals surface area contributed by atoms with Gasteiger partial charge in [0.05, 0.1) is 20.3 Å². The van der Waals surface area contributed by atoms with Gasteiger partial charge in [-0.15, -0.1) is 0 Å². The zero-order chi connectivity index (χ0) is 15.4. The molecule has 1 unspecified atom stereocenters. The number of aryl methyl sites for hydroxylation is 1. The van der Waals surface area contributed by atoms with E-state index in [0.717, 1.165) is 16.7 Å². The first-order valence-electron chi connectivity index (χ1n) is 6.54. The molecule has 0 radical (unpaired) electrons. The topological polar surface area (TPSA) is 56.5 Å². The van der Waals surface area contributed by atoms with Crippen molar-refractivity contribution in [3.63, 3.8) is 0 Å². The molecule has 3 N–H and O–H groups in total. The Morgan fingerprint density at radius 3 is 2.33 bits per heavy atom. The van der Waals surface area contributed by atoms with Crippen molar-refractivity contribution in [3.05, 3.63) is 58.9 Å². The van der Waals surface area contributed by atoms with E-state index in [1.54, 1.807) is 26.4 Å². The number of hydrogen-bond donors (Lipinski definition) is 2. The minimum Gasteiger partial charge on any atom is -0.497 e. The van der Waals surface area contributed by atoms with Gasteiger partial charge in [0, 0.05) is 11.6 Å². The monoisotopic (exact) mass is 290 g/mol. The molecular weight excluding hydrogens is 271 g/mol. The van der Waals surface area contributed by atoms with Crippen molar-refractivity contribution in [2.75, 3.05) is 14.2 Å². The van der Waals surface area contributed by atoms with E-state index in [1.807, 2.05) is 19.1 Å². The number of benzene rings is 2. The SMILES string of the molecule is COc1ccc(C(NN)c2ccc(F)cc2C)c(OC)c1. The average Bonchev–Trinajstić information content (AvgIpc) is 2.50. The van der Waals surface area contributed by atoms with Gasteiger partial charge < -0.3 is 9.47 Å². The molecule has 2 aromatic carbocycles. The van der Waals surface area contributed by atoms with Gasteiger partial charge in [0.15, 0.2) is 0 Å². The molecule has 5 heteroatoms. The van der Waals surface area contributed by atoms with E-state index in [-0.39, 0.29) is 11.9 Å². The lowest BCUT2D eigenvalue weighted by Crippen LogP contribution is -2.29. The lowest BCUT2D eigenvalue weighted by Gasteiger charge is -2.21. The van der Waals surface area contributed by atoms with E-state index in [4.69, 9.17) is 15.3 Å². The molecule has 0 aliphatic rings. The Morgan fingerprint density at radius 1 is 1.05 bits per heavy atom. The van der Waals surface area contributed by atoms with Gasteiger partial charge in [0.2, 0.25) is 0 Å². The number of nitrogens with one attached hydrogen (secondary N) is 1. The number of rotatable bonds is 5. The summed E-state index contributed by atoms with van der Waals surface area (Å²) < 4.78 is 23.9. The van der Waals surface area contributed by atoms with E-state index in [2.05, 4.69) is 5.43 Å². The Balaban J connectivity index is 2.50. The third-order valence-corrected chi connectivity index (χ3v) is 3.46. The lowest BCUT2D eigenvalue weighted by atomic mass is 9.94. The molecule has 2 aromatic rings. The summed E-state index contributed by atoms with van der Waals surface area (Å²) in [6.07, 6.45) is 0. The molecule has 0 spiro atoms. The van der Waals surface area contributed by atoms with Crippen LogP contribution in [0.3, 0.4) is 0 Å². The number of hydrogen-bond acceptors (Lipinski definition) is 4. The highest BCUT2D eigenvalue weighted by Crippen LogP contribution is 2.33. The third-order valence-electron chi connectivity index (χ3n) is 3.46. The van der Waals surface area contributed by atoms with Crippen molar-refractivity contribution < 1.29 is 13.9 Å². The van der Waals surface area contributed by atoms with E-state index in [1.165, 1.54) is 12.1 Å². The van der Waals surface area contributed by atoms with Crippen LogP contribution in [0.25, 0.3) is 0 Å². The Kier molecular flexibility index (Phi) is 4.77. The molecule has 2 rings (SSSR count). The summed E-state index contributed by atoms with van der Waals surface area (Å²) in [7, 11) is 3.18. The fourth-order valence-corrected chi connectivity index (χ4v) is 2.37. The quantitative estimate of drug-likeness (QED) is 0.656. The molecular formula is C16H19FN2O2. The number of nitrogens with two attached hydrogens (primary N) is 1. The molecule has 21 heavy (non-hydrogen) atoms. The first-order chi connectivity index (χ1) is 10.1. The van der Waals surface area contributed by atoms with Crippen molar-refractivity contribution in [3.8, 4) is 11.5 Å². The van der Waals surface area contributed by atoms with Crippen LogP contribution in [0.5, 0.6) is 11.5 Å². The second-order valence-electron chi connectivity index (χ2n) is 4.71. The predicted molar refractivity (Wildman–Crippen MR) is 79.8 cm³/mol. The summed E-state index contributed by atoms with van der Waals surface area (Å²) in [4.78, 5) is 0. The highest BCUT2D eigenvalue weighted by Gasteiger charge is 2.19. The van der Waals surface area contributed by atoms with E-state index in [9.17, 15) is 4.39 Å². The summed E-state index contributed by atoms with van der Waals surface area (Å²) >= 11 is 0. The Hall–Kier alpha value is -2.11. The van der Waals surface area contributed by atoms with Gasteiger partial charge in [0.25, 0.3) is 0 Å². The van der Waals surface area contributed by atoms with E-state index < -0.39 is 0 Å². The number of methoxy groups -OCH3 is 2. The van der Waals surface area contributed by atoms with Crippen LogP contribution in [-0.4, -0.2) is 14.2 Å². The summed E-state index contributed by atoms with van der Waals surface area (Å²) in [5.74, 6) is 6.79. The molecule has 1 atom stereocenters. The highest BCUT2D eigenvalue weighted by molar-refractivity contribution is 5.47. The number of halogens is 1. The highest BCUT2D eigenvalue weighted by atomic mass is 19.1. The summed E-state index contributed by atoms with van der Waals surface area (Å²) in [5.41, 5.74) is 5.33. The van der Waals surface area contributed by atoms with Crippen molar-refractivity contribution in [2.24, 2.45) is 5.84 Å². The van der Waals surface area contributed by atoms with Gasteiger partial charge in [-0.1, -0.05) is 6.07 Å². The molecule has 0 amide bonds. The van der Waals surface area contributed by atoms with Crippen molar-refractivity contribution >= 4 is 0 Å². The molecule has 0 heterocycles. The van der Waals surface area contributed by atoms with Crippen LogP contribution < -0.4 is 20.7 Å². The van der Waals surface area contributed by atoms with Crippen LogP contribution in [0.2, 0.25) is 0 Å². The van der Waals surface area contributed by atoms with Crippen LogP contribution in [0.15, 0.2) is 36.4 Å². The Morgan fingerprint density at radius 2 is 1.76 bits per heavy atom. The number of hydrazine groups is 1.